The lowest BCUT2D eigenvalue weighted by Crippen LogP contribution is -2.55. The number of carbonyl (C=O) groups is 7. The molecule has 25 heteroatoms. The van der Waals surface area contributed by atoms with Gasteiger partial charge in [0.25, 0.3) is 5.91 Å². The first-order valence-electron chi connectivity index (χ1n) is 26.9. The second kappa shape index (κ2) is 25.4. The third kappa shape index (κ3) is 13.6. The zero-order chi connectivity index (χ0) is 59.1. The predicted octanol–water partition coefficient (Wildman–Crippen LogP) is 5.94. The minimum atomic E-state index is -1.25. The summed E-state index contributed by atoms with van der Waals surface area (Å²) in [7, 11) is 0. The number of nitrogens with two attached hydrogens (primary N) is 2. The highest BCUT2D eigenvalue weighted by Crippen LogP contribution is 2.43. The minimum Gasteiger partial charge on any atom is -0.508 e. The Hall–Kier alpha value is -9.68. The molecule has 1 aliphatic carbocycles. The number of primary amides is 1. The molecule has 4 heterocycles. The third-order valence-electron chi connectivity index (χ3n) is 14.7. The number of hydrogen-bond acceptors (Lipinski definition) is 17. The molecule has 3 atom stereocenters. The fraction of sp³-hybridized carbons (Fsp3) is 0.293. The summed E-state index contributed by atoms with van der Waals surface area (Å²) >= 11 is 6.40. The van der Waals surface area contributed by atoms with Crippen molar-refractivity contribution < 1.29 is 48.2 Å². The number of anilines is 6. The molecule has 4 aliphatic rings. The van der Waals surface area contributed by atoms with E-state index in [9.17, 15) is 48.6 Å². The lowest BCUT2D eigenvalue weighted by molar-refractivity contribution is -0.128. The number of piperidine rings is 1. The molecule has 1 saturated heterocycles. The van der Waals surface area contributed by atoms with Crippen molar-refractivity contribution in [1.82, 2.24) is 30.9 Å². The zero-order valence-corrected chi connectivity index (χ0v) is 45.9. The number of phenols is 1. The molecule has 430 valence electrons. The highest BCUT2D eigenvalue weighted by Gasteiger charge is 2.33. The first-order chi connectivity index (χ1) is 39.8. The van der Waals surface area contributed by atoms with Gasteiger partial charge in [-0.05, 0) is 134 Å². The van der Waals surface area contributed by atoms with Gasteiger partial charge < -0.3 is 68.2 Å². The topological polar surface area (TPSA) is 368 Å². The van der Waals surface area contributed by atoms with Crippen molar-refractivity contribution in [2.75, 3.05) is 52.3 Å². The molecule has 13 N–H and O–H groups in total. The van der Waals surface area contributed by atoms with Gasteiger partial charge in [0.05, 0.1) is 17.7 Å². The first-order valence-corrected chi connectivity index (χ1v) is 27.2. The molecule has 1 aromatic heterocycles. The summed E-state index contributed by atoms with van der Waals surface area (Å²) in [5, 5.41) is 41.3. The lowest BCUT2D eigenvalue weighted by Gasteiger charge is -2.31. The van der Waals surface area contributed by atoms with Gasteiger partial charge >= 0.3 is 5.97 Å². The number of amides is 6. The number of aromatic nitrogens is 3. The van der Waals surface area contributed by atoms with Crippen LogP contribution in [-0.4, -0.2) is 105 Å². The third-order valence-corrected chi connectivity index (χ3v) is 14.8. The van der Waals surface area contributed by atoms with Crippen molar-refractivity contribution >= 4 is 98.6 Å². The summed E-state index contributed by atoms with van der Waals surface area (Å²) in [5.41, 5.74) is 14.3. The van der Waals surface area contributed by atoms with E-state index in [4.69, 9.17) is 27.5 Å². The molecule has 6 amide bonds. The predicted molar refractivity (Wildman–Crippen MR) is 311 cm³/mol. The number of fused-ring (bicyclic) bond motifs is 4. The Morgan fingerprint density at radius 3 is 2.36 bits per heavy atom. The monoisotopic (exact) mass is 1150 g/mol. The lowest BCUT2D eigenvalue weighted by atomic mass is 9.90. The summed E-state index contributed by atoms with van der Waals surface area (Å²) in [4.78, 5) is 121. The second-order valence-corrected chi connectivity index (χ2v) is 20.6. The molecule has 0 spiro atoms. The number of nitrogens with one attached hydrogen (secondary N) is 7. The van der Waals surface area contributed by atoms with Gasteiger partial charge in [-0.25, -0.2) is 4.79 Å². The van der Waals surface area contributed by atoms with E-state index in [-0.39, 0.29) is 92.6 Å². The van der Waals surface area contributed by atoms with Crippen LogP contribution in [-0.2, 0) is 25.7 Å². The van der Waals surface area contributed by atoms with Gasteiger partial charge in [-0.3, -0.25) is 33.6 Å². The molecule has 9 rings (SSSR count). The number of halogens is 1. The molecule has 3 aliphatic heterocycles. The van der Waals surface area contributed by atoms with Crippen LogP contribution < -0.4 is 59.0 Å². The van der Waals surface area contributed by atoms with E-state index >= 15 is 0 Å². The fourth-order valence-corrected chi connectivity index (χ4v) is 10.2. The van der Waals surface area contributed by atoms with E-state index in [0.717, 1.165) is 0 Å². The van der Waals surface area contributed by atoms with E-state index in [2.05, 4.69) is 52.2 Å². The number of carboxylic acids is 1. The molecule has 4 aromatic carbocycles. The number of aromatic carboxylic acids is 1. The fourth-order valence-electron chi connectivity index (χ4n) is 10.0. The molecule has 0 bridgehead atoms. The molecule has 24 nitrogen and oxygen atoms in total. The van der Waals surface area contributed by atoms with E-state index < -0.39 is 60.1 Å². The van der Waals surface area contributed by atoms with Crippen LogP contribution in [0.3, 0.4) is 0 Å². The maximum Gasteiger partial charge on any atom is 0.336 e. The number of rotatable bonds is 16. The standard InChI is InChI=1S/C58H60ClN13O11/c1-3-29(2)49-54(80)66-43(6-4-5-19-60)53(79)67-44-22-31(50(61)76)7-8-32(44)27-62-42-16-10-33(24-41(42)52(78)68-49)64-47(75)28-63-51(77)30-17-20-72(21-18-30)58-70-56(59)69-57(71-58)65-34-9-13-37(40(23-34)55(81)82)48-38-14-11-35(73)25-45(38)83-46-26-36(74)12-15-39(46)48/h7-16,22-26,29-30,43,49,62,73H,3-6,17-21,27-28,60H2,1-2H3,(H2,61,76)(H,63,77)(H,64,75)(H,66,80)(H,67,79)(H,68,78)(H,81,82)(H,65,69,70,71)/t29-,43-,49-/m0/s1. The molecule has 83 heavy (non-hydrogen) atoms. The van der Waals surface area contributed by atoms with Gasteiger partial charge in [0.15, 0.2) is 5.43 Å². The largest absolute Gasteiger partial charge is 0.508 e. The van der Waals surface area contributed by atoms with E-state index in [0.29, 0.717) is 90.8 Å². The Balaban J connectivity index is 0.849. The average Bonchev–Trinajstić information content (AvgIpc) is 2.90. The molecule has 1 fully saturated rings. The van der Waals surface area contributed by atoms with Crippen LogP contribution in [0.15, 0.2) is 100 Å². The highest BCUT2D eigenvalue weighted by molar-refractivity contribution is 6.28. The Morgan fingerprint density at radius 2 is 1.61 bits per heavy atom. The Bertz CT molecular complexity index is 3720. The van der Waals surface area contributed by atoms with Gasteiger partial charge in [-0.2, -0.15) is 15.0 Å². The van der Waals surface area contributed by atoms with Gasteiger partial charge in [0.1, 0.15) is 29.2 Å². The average molecular weight is 1150 g/mol. The van der Waals surface area contributed by atoms with Crippen molar-refractivity contribution in [3.63, 3.8) is 0 Å². The Kier molecular flexibility index (Phi) is 17.8. The van der Waals surface area contributed by atoms with Crippen LogP contribution in [0.2, 0.25) is 5.28 Å². The highest BCUT2D eigenvalue weighted by atomic mass is 35.5. The summed E-state index contributed by atoms with van der Waals surface area (Å²) in [6.45, 7) is 4.35. The number of nitrogens with zero attached hydrogens (tertiary/aromatic N) is 4. The molecular formula is C58H60ClN13O11. The van der Waals surface area contributed by atoms with Crippen molar-refractivity contribution in [1.29, 1.82) is 0 Å². The van der Waals surface area contributed by atoms with E-state index in [1.165, 1.54) is 48.5 Å². The SMILES string of the molecule is CC[C@H](C)[C@@H]1NC(=O)c2cc(NC(=O)CNC(=O)C3CCN(c4nc(Cl)nc(Nc5ccc(-c6c7ccc(=O)cc-7oc7cc(O)ccc67)c(C(=O)O)c5)n4)CC3)ccc2NCc2ccc(C(N)=O)cc2NC(=O)[C@H](CCCCN)NC1=O. The Labute approximate surface area is 479 Å². The summed E-state index contributed by atoms with van der Waals surface area (Å²) in [6.07, 6.45) is 2.57. The van der Waals surface area contributed by atoms with Crippen LogP contribution in [0.25, 0.3) is 33.4 Å². The number of phenolic OH excluding ortho intramolecular Hbond substituents is 1. The number of carbonyl (C=O) groups excluding carboxylic acids is 6. The van der Waals surface area contributed by atoms with E-state index in [1.807, 2.05) is 11.8 Å². The van der Waals surface area contributed by atoms with Gasteiger partial charge in [-0.1, -0.05) is 32.4 Å². The number of benzene rings is 5. The van der Waals surface area contributed by atoms with Crippen molar-refractivity contribution in [3.05, 3.63) is 129 Å². The molecule has 0 saturated carbocycles. The number of aromatic hydroxyl groups is 1. The zero-order valence-electron chi connectivity index (χ0n) is 45.1. The van der Waals surface area contributed by atoms with Crippen LogP contribution in [0, 0.1) is 11.8 Å². The van der Waals surface area contributed by atoms with Crippen molar-refractivity contribution in [3.8, 4) is 28.2 Å². The number of unbranched alkanes of at least 4 members (excludes halogenated alkanes) is 1. The van der Waals surface area contributed by atoms with Crippen molar-refractivity contribution in [2.45, 2.75) is 71.0 Å². The second-order valence-electron chi connectivity index (χ2n) is 20.3. The van der Waals surface area contributed by atoms with E-state index in [1.54, 1.807) is 49.4 Å². The Morgan fingerprint density at radius 1 is 0.843 bits per heavy atom. The molecule has 5 aromatic rings. The first kappa shape index (κ1) is 58.0. The number of hydrogen-bond donors (Lipinski definition) is 11. The molecular weight excluding hydrogens is 1090 g/mol. The maximum atomic E-state index is 14.3. The van der Waals surface area contributed by atoms with Crippen LogP contribution >= 0.6 is 11.6 Å². The summed E-state index contributed by atoms with van der Waals surface area (Å²) < 4.78 is 5.94. The van der Waals surface area contributed by atoms with Gasteiger partial charge in [0, 0.05) is 82.5 Å². The molecule has 0 unspecified atom stereocenters. The maximum absolute atomic E-state index is 14.3. The van der Waals surface area contributed by atoms with Crippen LogP contribution in [0.4, 0.5) is 34.6 Å². The van der Waals surface area contributed by atoms with Crippen LogP contribution in [0.1, 0.15) is 89.0 Å². The quantitative estimate of drug-likeness (QED) is 0.0393. The van der Waals surface area contributed by atoms with Crippen molar-refractivity contribution in [2.24, 2.45) is 23.3 Å². The smallest absolute Gasteiger partial charge is 0.336 e. The van der Waals surface area contributed by atoms with Gasteiger partial charge in [0.2, 0.25) is 46.7 Å². The van der Waals surface area contributed by atoms with Crippen LogP contribution in [0.5, 0.6) is 5.75 Å². The minimum absolute atomic E-state index is 0.0152. The summed E-state index contributed by atoms with van der Waals surface area (Å²) in [5.74, 6) is -5.19. The molecule has 0 radical (unpaired) electrons. The normalized spacial score (nSPS) is 16.2. The number of carboxylic acid groups (broad SMARTS) is 1. The van der Waals surface area contributed by atoms with Gasteiger partial charge in [-0.15, -0.1) is 0 Å². The summed E-state index contributed by atoms with van der Waals surface area (Å²) in [6, 6.07) is 20.3.